The lowest BCUT2D eigenvalue weighted by atomic mass is 9.94. The van der Waals surface area contributed by atoms with Gasteiger partial charge in [0.1, 0.15) is 5.82 Å². The van der Waals surface area contributed by atoms with E-state index in [1.807, 2.05) is 6.07 Å². The molecule has 0 radical (unpaired) electrons. The van der Waals surface area contributed by atoms with Crippen molar-refractivity contribution in [3.05, 3.63) is 35.6 Å². The molecule has 0 aliphatic heterocycles. The first-order valence-corrected chi connectivity index (χ1v) is 6.72. The molecule has 0 amide bonds. The van der Waals surface area contributed by atoms with E-state index in [0.717, 1.165) is 38.1 Å². The molecule has 0 saturated heterocycles. The predicted molar refractivity (Wildman–Crippen MR) is 75.0 cm³/mol. The average molecular weight is 269 g/mol. The molecule has 0 aromatic heterocycles. The molecule has 108 valence electrons. The quantitative estimate of drug-likeness (QED) is 0.662. The van der Waals surface area contributed by atoms with Crippen LogP contribution in [0.3, 0.4) is 0 Å². The van der Waals surface area contributed by atoms with E-state index in [-0.39, 0.29) is 5.82 Å². The molecular weight excluding hydrogens is 245 g/mol. The van der Waals surface area contributed by atoms with E-state index in [0.29, 0.717) is 12.5 Å². The first-order chi connectivity index (χ1) is 9.27. The Morgan fingerprint density at radius 1 is 1.21 bits per heavy atom. The summed E-state index contributed by atoms with van der Waals surface area (Å²) in [6, 6.07) is 6.85. The summed E-state index contributed by atoms with van der Waals surface area (Å²) in [4.78, 5) is 0. The minimum atomic E-state index is -0.175. The number of hydrogen-bond acceptors (Lipinski definition) is 3. The summed E-state index contributed by atoms with van der Waals surface area (Å²) in [7, 11) is 3.39. The summed E-state index contributed by atoms with van der Waals surface area (Å²) < 4.78 is 23.4. The molecule has 0 heterocycles. The van der Waals surface area contributed by atoms with Gasteiger partial charge in [0.2, 0.25) is 0 Å². The predicted octanol–water partition coefficient (Wildman–Crippen LogP) is 2.57. The van der Waals surface area contributed by atoms with E-state index in [1.165, 1.54) is 6.07 Å². The van der Waals surface area contributed by atoms with Gasteiger partial charge in [0.15, 0.2) is 0 Å². The van der Waals surface area contributed by atoms with Crippen LogP contribution in [0, 0.1) is 5.82 Å². The molecular formula is C15H24FNO2. The van der Waals surface area contributed by atoms with Crippen molar-refractivity contribution >= 4 is 0 Å². The third-order valence-electron chi connectivity index (χ3n) is 3.09. The van der Waals surface area contributed by atoms with Gasteiger partial charge in [-0.1, -0.05) is 12.1 Å². The molecule has 1 unspecified atom stereocenters. The fraction of sp³-hybridized carbons (Fsp3) is 0.600. The molecule has 0 bridgehead atoms. The van der Waals surface area contributed by atoms with Crippen molar-refractivity contribution in [2.45, 2.75) is 18.8 Å². The summed E-state index contributed by atoms with van der Waals surface area (Å²) in [6.45, 7) is 3.07. The third kappa shape index (κ3) is 6.66. The Bertz CT molecular complexity index is 347. The van der Waals surface area contributed by atoms with Gasteiger partial charge in [0.05, 0.1) is 6.61 Å². The van der Waals surface area contributed by atoms with E-state index in [2.05, 4.69) is 5.32 Å². The third-order valence-corrected chi connectivity index (χ3v) is 3.09. The standard InChI is InChI=1S/C15H24FNO2/c1-18-9-4-6-14(12-17-8-10-19-2)13-5-3-7-15(16)11-13/h3,5,7,11,14,17H,4,6,8-10,12H2,1-2H3. The van der Waals surface area contributed by atoms with Crippen molar-refractivity contribution in [2.24, 2.45) is 0 Å². The van der Waals surface area contributed by atoms with Gasteiger partial charge in [-0.2, -0.15) is 0 Å². The largest absolute Gasteiger partial charge is 0.385 e. The van der Waals surface area contributed by atoms with Crippen LogP contribution in [0.4, 0.5) is 4.39 Å². The van der Waals surface area contributed by atoms with E-state index in [1.54, 1.807) is 26.4 Å². The number of benzene rings is 1. The molecule has 0 spiro atoms. The van der Waals surface area contributed by atoms with Crippen molar-refractivity contribution in [3.63, 3.8) is 0 Å². The van der Waals surface area contributed by atoms with Gasteiger partial charge in [0, 0.05) is 33.9 Å². The van der Waals surface area contributed by atoms with Crippen molar-refractivity contribution in [1.29, 1.82) is 0 Å². The number of methoxy groups -OCH3 is 2. The molecule has 3 nitrogen and oxygen atoms in total. The van der Waals surface area contributed by atoms with Crippen LogP contribution in [-0.2, 0) is 9.47 Å². The van der Waals surface area contributed by atoms with Crippen LogP contribution in [0.2, 0.25) is 0 Å². The molecule has 1 rings (SSSR count). The van der Waals surface area contributed by atoms with Gasteiger partial charge in [-0.3, -0.25) is 0 Å². The van der Waals surface area contributed by atoms with Gasteiger partial charge in [-0.05, 0) is 36.5 Å². The second-order valence-corrected chi connectivity index (χ2v) is 4.58. The minimum absolute atomic E-state index is 0.175. The Kier molecular flexibility index (Phi) is 8.38. The van der Waals surface area contributed by atoms with Gasteiger partial charge < -0.3 is 14.8 Å². The summed E-state index contributed by atoms with van der Waals surface area (Å²) in [5.41, 5.74) is 1.04. The maximum Gasteiger partial charge on any atom is 0.123 e. The van der Waals surface area contributed by atoms with Crippen LogP contribution >= 0.6 is 0 Å². The number of halogens is 1. The van der Waals surface area contributed by atoms with E-state index in [9.17, 15) is 4.39 Å². The summed E-state index contributed by atoms with van der Waals surface area (Å²) in [6.07, 6.45) is 1.96. The zero-order chi connectivity index (χ0) is 13.9. The highest BCUT2D eigenvalue weighted by atomic mass is 19.1. The highest BCUT2D eigenvalue weighted by Gasteiger charge is 2.11. The maximum atomic E-state index is 13.3. The molecule has 1 N–H and O–H groups in total. The van der Waals surface area contributed by atoms with Gasteiger partial charge in [-0.15, -0.1) is 0 Å². The highest BCUT2D eigenvalue weighted by Crippen LogP contribution is 2.21. The second-order valence-electron chi connectivity index (χ2n) is 4.58. The lowest BCUT2D eigenvalue weighted by Gasteiger charge is -2.18. The SMILES string of the molecule is COCCCC(CNCCOC)c1cccc(F)c1. The van der Waals surface area contributed by atoms with Crippen LogP contribution in [0.25, 0.3) is 0 Å². The molecule has 0 aliphatic rings. The maximum absolute atomic E-state index is 13.3. The Hall–Kier alpha value is -0.970. The molecule has 19 heavy (non-hydrogen) atoms. The van der Waals surface area contributed by atoms with Gasteiger partial charge >= 0.3 is 0 Å². The lowest BCUT2D eigenvalue weighted by molar-refractivity contribution is 0.188. The molecule has 0 saturated carbocycles. The van der Waals surface area contributed by atoms with Gasteiger partial charge in [-0.25, -0.2) is 4.39 Å². The summed E-state index contributed by atoms with van der Waals surface area (Å²) in [5.74, 6) is 0.133. The van der Waals surface area contributed by atoms with Crippen molar-refractivity contribution in [2.75, 3.05) is 40.5 Å². The zero-order valence-electron chi connectivity index (χ0n) is 11.8. The average Bonchev–Trinajstić information content (AvgIpc) is 2.41. The Morgan fingerprint density at radius 2 is 2.00 bits per heavy atom. The van der Waals surface area contributed by atoms with Crippen LogP contribution in [0.1, 0.15) is 24.3 Å². The number of hydrogen-bond donors (Lipinski definition) is 1. The fourth-order valence-electron chi connectivity index (χ4n) is 2.07. The Labute approximate surface area is 115 Å². The minimum Gasteiger partial charge on any atom is -0.385 e. The molecule has 0 aliphatic carbocycles. The monoisotopic (exact) mass is 269 g/mol. The Balaban J connectivity index is 2.52. The van der Waals surface area contributed by atoms with Crippen LogP contribution in [-0.4, -0.2) is 40.5 Å². The van der Waals surface area contributed by atoms with Crippen molar-refractivity contribution in [3.8, 4) is 0 Å². The summed E-state index contributed by atoms with van der Waals surface area (Å²) >= 11 is 0. The highest BCUT2D eigenvalue weighted by molar-refractivity contribution is 5.21. The number of ether oxygens (including phenoxy) is 2. The van der Waals surface area contributed by atoms with Crippen molar-refractivity contribution < 1.29 is 13.9 Å². The number of rotatable bonds is 10. The Morgan fingerprint density at radius 3 is 2.68 bits per heavy atom. The molecule has 1 atom stereocenters. The molecule has 0 fully saturated rings. The van der Waals surface area contributed by atoms with E-state index >= 15 is 0 Å². The summed E-state index contributed by atoms with van der Waals surface area (Å²) in [5, 5.41) is 3.34. The molecule has 1 aromatic rings. The first-order valence-electron chi connectivity index (χ1n) is 6.72. The van der Waals surface area contributed by atoms with Gasteiger partial charge in [0.25, 0.3) is 0 Å². The second kappa shape index (κ2) is 9.89. The number of nitrogens with one attached hydrogen (secondary N) is 1. The first kappa shape index (κ1) is 16.1. The normalized spacial score (nSPS) is 12.6. The topological polar surface area (TPSA) is 30.5 Å². The molecule has 4 heteroatoms. The fourth-order valence-corrected chi connectivity index (χ4v) is 2.07. The molecule has 1 aromatic carbocycles. The zero-order valence-corrected chi connectivity index (χ0v) is 11.8. The smallest absolute Gasteiger partial charge is 0.123 e. The van der Waals surface area contributed by atoms with Crippen LogP contribution in [0.5, 0.6) is 0 Å². The van der Waals surface area contributed by atoms with E-state index < -0.39 is 0 Å². The van der Waals surface area contributed by atoms with Crippen molar-refractivity contribution in [1.82, 2.24) is 5.32 Å². The van der Waals surface area contributed by atoms with E-state index in [4.69, 9.17) is 9.47 Å². The lowest BCUT2D eigenvalue weighted by Crippen LogP contribution is -2.25. The van der Waals surface area contributed by atoms with Crippen LogP contribution in [0.15, 0.2) is 24.3 Å². The van der Waals surface area contributed by atoms with Crippen LogP contribution < -0.4 is 5.32 Å².